The molecule has 0 amide bonds. The Bertz CT molecular complexity index is 346. The second-order valence-corrected chi connectivity index (χ2v) is 3.91. The molecule has 0 aliphatic carbocycles. The van der Waals surface area contributed by atoms with Gasteiger partial charge in [0.1, 0.15) is 11.9 Å². The van der Waals surface area contributed by atoms with E-state index in [1.807, 2.05) is 0 Å². The lowest BCUT2D eigenvalue weighted by molar-refractivity contribution is 0.0169. The second kappa shape index (κ2) is 5.94. The van der Waals surface area contributed by atoms with Crippen LogP contribution in [0.4, 0.5) is 5.69 Å². The SMILES string of the molecule is COc1cc(N)cc(C(O)C(O)CCCl)c1. The maximum atomic E-state index is 9.84. The van der Waals surface area contributed by atoms with Crippen LogP contribution < -0.4 is 10.5 Å². The van der Waals surface area contributed by atoms with Crippen LogP contribution in [-0.4, -0.2) is 29.3 Å². The molecule has 1 aromatic rings. The number of anilines is 1. The Balaban J connectivity index is 2.89. The van der Waals surface area contributed by atoms with Crippen molar-refractivity contribution >= 4 is 17.3 Å². The maximum Gasteiger partial charge on any atom is 0.121 e. The molecule has 0 aliphatic heterocycles. The minimum atomic E-state index is -1.00. The summed E-state index contributed by atoms with van der Waals surface area (Å²) in [4.78, 5) is 0. The van der Waals surface area contributed by atoms with Crippen LogP contribution in [0.1, 0.15) is 18.1 Å². The normalized spacial score (nSPS) is 14.5. The van der Waals surface area contributed by atoms with Crippen molar-refractivity contribution in [2.45, 2.75) is 18.6 Å². The number of nitrogens with two attached hydrogens (primary N) is 1. The minimum Gasteiger partial charge on any atom is -0.497 e. The van der Waals surface area contributed by atoms with Crippen molar-refractivity contribution in [2.24, 2.45) is 0 Å². The van der Waals surface area contributed by atoms with E-state index in [-0.39, 0.29) is 5.88 Å². The number of halogens is 1. The van der Waals surface area contributed by atoms with Gasteiger partial charge >= 0.3 is 0 Å². The Kier molecular flexibility index (Phi) is 4.86. The number of nitrogen functional groups attached to an aromatic ring is 1. The highest BCUT2D eigenvalue weighted by atomic mass is 35.5. The van der Waals surface area contributed by atoms with Crippen LogP contribution in [0.5, 0.6) is 5.75 Å². The van der Waals surface area contributed by atoms with Crippen molar-refractivity contribution in [3.05, 3.63) is 23.8 Å². The third kappa shape index (κ3) is 3.27. The van der Waals surface area contributed by atoms with E-state index in [2.05, 4.69) is 0 Å². The Morgan fingerprint density at radius 2 is 2.06 bits per heavy atom. The van der Waals surface area contributed by atoms with E-state index in [1.165, 1.54) is 7.11 Å². The zero-order chi connectivity index (χ0) is 12.1. The maximum absolute atomic E-state index is 9.84. The van der Waals surface area contributed by atoms with Gasteiger partial charge in [-0.1, -0.05) is 0 Å². The topological polar surface area (TPSA) is 75.7 Å². The van der Waals surface area contributed by atoms with Crippen LogP contribution in [0.25, 0.3) is 0 Å². The summed E-state index contributed by atoms with van der Waals surface area (Å²) in [6, 6.07) is 4.88. The van der Waals surface area contributed by atoms with Crippen LogP contribution in [0.2, 0.25) is 0 Å². The average Bonchev–Trinajstić information content (AvgIpc) is 2.27. The highest BCUT2D eigenvalue weighted by molar-refractivity contribution is 6.17. The van der Waals surface area contributed by atoms with E-state index in [0.717, 1.165) is 0 Å². The van der Waals surface area contributed by atoms with Crippen molar-refractivity contribution < 1.29 is 14.9 Å². The zero-order valence-electron chi connectivity index (χ0n) is 9.06. The van der Waals surface area contributed by atoms with E-state index in [1.54, 1.807) is 18.2 Å². The Hall–Kier alpha value is -0.970. The van der Waals surface area contributed by atoms with Crippen LogP contribution in [0, 0.1) is 0 Å². The van der Waals surface area contributed by atoms with Crippen molar-refractivity contribution in [1.82, 2.24) is 0 Å². The first kappa shape index (κ1) is 13.1. The van der Waals surface area contributed by atoms with Gasteiger partial charge in [0, 0.05) is 17.6 Å². The summed E-state index contributed by atoms with van der Waals surface area (Å²) in [5, 5.41) is 19.5. The second-order valence-electron chi connectivity index (χ2n) is 3.53. The first-order valence-electron chi connectivity index (χ1n) is 4.95. The number of alkyl halides is 1. The molecule has 2 atom stereocenters. The fraction of sp³-hybridized carbons (Fsp3) is 0.455. The first-order valence-corrected chi connectivity index (χ1v) is 5.48. The quantitative estimate of drug-likeness (QED) is 0.540. The number of rotatable bonds is 5. The van der Waals surface area contributed by atoms with Gasteiger partial charge in [0.25, 0.3) is 0 Å². The summed E-state index contributed by atoms with van der Waals surface area (Å²) < 4.78 is 5.03. The van der Waals surface area contributed by atoms with Crippen LogP contribution in [0.15, 0.2) is 18.2 Å². The minimum absolute atomic E-state index is 0.289. The summed E-state index contributed by atoms with van der Waals surface area (Å²) in [5.74, 6) is 0.838. The molecule has 0 radical (unpaired) electrons. The average molecular weight is 246 g/mol. The van der Waals surface area contributed by atoms with Crippen LogP contribution in [-0.2, 0) is 0 Å². The molecule has 16 heavy (non-hydrogen) atoms. The molecule has 0 aromatic heterocycles. The summed E-state index contributed by atoms with van der Waals surface area (Å²) in [7, 11) is 1.51. The van der Waals surface area contributed by atoms with Gasteiger partial charge in [0.05, 0.1) is 13.2 Å². The number of aliphatic hydroxyl groups is 2. The lowest BCUT2D eigenvalue weighted by Crippen LogP contribution is -2.18. The van der Waals surface area contributed by atoms with Crippen molar-refractivity contribution in [3.63, 3.8) is 0 Å². The van der Waals surface area contributed by atoms with Gasteiger partial charge in [0.2, 0.25) is 0 Å². The highest BCUT2D eigenvalue weighted by Crippen LogP contribution is 2.26. The predicted molar refractivity (Wildman–Crippen MR) is 63.7 cm³/mol. The van der Waals surface area contributed by atoms with E-state index in [0.29, 0.717) is 23.4 Å². The van der Waals surface area contributed by atoms with E-state index in [9.17, 15) is 10.2 Å². The molecule has 2 unspecified atom stereocenters. The molecule has 90 valence electrons. The molecular formula is C11H16ClNO3. The van der Waals surface area contributed by atoms with Crippen molar-refractivity contribution in [1.29, 1.82) is 0 Å². The summed E-state index contributed by atoms with van der Waals surface area (Å²) in [6.07, 6.45) is -1.58. The number of hydrogen-bond acceptors (Lipinski definition) is 4. The number of benzene rings is 1. The Morgan fingerprint density at radius 3 is 2.62 bits per heavy atom. The highest BCUT2D eigenvalue weighted by Gasteiger charge is 2.18. The first-order chi connectivity index (χ1) is 7.58. The lowest BCUT2D eigenvalue weighted by Gasteiger charge is -2.18. The van der Waals surface area contributed by atoms with Gasteiger partial charge in [-0.25, -0.2) is 0 Å². The number of methoxy groups -OCH3 is 1. The van der Waals surface area contributed by atoms with Gasteiger partial charge < -0.3 is 20.7 Å². The van der Waals surface area contributed by atoms with Gasteiger partial charge in [-0.3, -0.25) is 0 Å². The van der Waals surface area contributed by atoms with Gasteiger partial charge in [-0.15, -0.1) is 11.6 Å². The fourth-order valence-electron chi connectivity index (χ4n) is 1.43. The molecule has 5 heteroatoms. The number of aliphatic hydroxyl groups excluding tert-OH is 2. The number of hydrogen-bond donors (Lipinski definition) is 3. The zero-order valence-corrected chi connectivity index (χ0v) is 9.81. The third-order valence-electron chi connectivity index (χ3n) is 2.30. The number of ether oxygens (including phenoxy) is 1. The largest absolute Gasteiger partial charge is 0.497 e. The van der Waals surface area contributed by atoms with E-state index in [4.69, 9.17) is 22.1 Å². The molecule has 0 saturated carbocycles. The lowest BCUT2D eigenvalue weighted by atomic mass is 10.0. The Morgan fingerprint density at radius 1 is 1.38 bits per heavy atom. The van der Waals surface area contributed by atoms with Crippen molar-refractivity contribution in [3.8, 4) is 5.75 Å². The molecule has 0 saturated heterocycles. The smallest absolute Gasteiger partial charge is 0.121 e. The molecule has 0 aliphatic rings. The van der Waals surface area contributed by atoms with Gasteiger partial charge in [-0.2, -0.15) is 0 Å². The summed E-state index contributed by atoms with van der Waals surface area (Å²) in [5.41, 5.74) is 6.65. The molecule has 1 rings (SSSR count). The Labute approximate surface area is 99.6 Å². The molecular weight excluding hydrogens is 230 g/mol. The van der Waals surface area contributed by atoms with Crippen LogP contribution in [0.3, 0.4) is 0 Å². The van der Waals surface area contributed by atoms with Crippen molar-refractivity contribution in [2.75, 3.05) is 18.7 Å². The third-order valence-corrected chi connectivity index (χ3v) is 2.52. The molecule has 0 fully saturated rings. The fourth-order valence-corrected chi connectivity index (χ4v) is 1.65. The standard InChI is InChI=1S/C11H16ClNO3/c1-16-9-5-7(4-8(13)6-9)11(15)10(14)2-3-12/h4-6,10-11,14-15H,2-3,13H2,1H3. The molecule has 0 heterocycles. The van der Waals surface area contributed by atoms with E-state index >= 15 is 0 Å². The summed E-state index contributed by atoms with van der Waals surface area (Å²) in [6.45, 7) is 0. The molecule has 4 N–H and O–H groups in total. The van der Waals surface area contributed by atoms with Gasteiger partial charge in [-0.05, 0) is 24.1 Å². The summed E-state index contributed by atoms with van der Waals surface area (Å²) >= 11 is 5.50. The monoisotopic (exact) mass is 245 g/mol. The van der Waals surface area contributed by atoms with Gasteiger partial charge in [0.15, 0.2) is 0 Å². The molecule has 1 aromatic carbocycles. The van der Waals surface area contributed by atoms with Crippen LogP contribution >= 0.6 is 11.6 Å². The van der Waals surface area contributed by atoms with E-state index < -0.39 is 12.2 Å². The predicted octanol–water partition coefficient (Wildman–Crippen LogP) is 1.30. The molecule has 4 nitrogen and oxygen atoms in total. The molecule has 0 bridgehead atoms. The molecule has 0 spiro atoms.